The molecule has 7 heteroatoms. The molecule has 0 spiro atoms. The molecular formula is C21H22N5O2+. The predicted molar refractivity (Wildman–Crippen MR) is 101 cm³/mol. The lowest BCUT2D eigenvalue weighted by molar-refractivity contribution is -0.878. The third kappa shape index (κ3) is 2.62. The fourth-order valence-corrected chi connectivity index (χ4v) is 4.56. The van der Waals surface area contributed by atoms with Crippen molar-refractivity contribution in [3.8, 4) is 29.7 Å². The van der Waals surface area contributed by atoms with Crippen molar-refractivity contribution in [1.29, 1.82) is 21.2 Å². The van der Waals surface area contributed by atoms with Crippen LogP contribution < -0.4 is 14.4 Å². The van der Waals surface area contributed by atoms with Gasteiger partial charge in [0, 0.05) is 17.4 Å². The Kier molecular flexibility index (Phi) is 5.10. The molecular weight excluding hydrogens is 354 g/mol. The van der Waals surface area contributed by atoms with Gasteiger partial charge in [0.2, 0.25) is 0 Å². The minimum atomic E-state index is -1.75. The van der Waals surface area contributed by atoms with Crippen molar-refractivity contribution in [2.75, 3.05) is 34.4 Å². The summed E-state index contributed by atoms with van der Waals surface area (Å²) in [6.45, 7) is 1.40. The highest BCUT2D eigenvalue weighted by molar-refractivity contribution is 6.01. The summed E-state index contributed by atoms with van der Waals surface area (Å²) >= 11 is 0. The molecule has 0 bridgehead atoms. The van der Waals surface area contributed by atoms with Crippen LogP contribution in [0, 0.1) is 56.7 Å². The minimum Gasteiger partial charge on any atom is -0.493 e. The monoisotopic (exact) mass is 376 g/mol. The molecule has 2 aliphatic rings. The van der Waals surface area contributed by atoms with Gasteiger partial charge in [-0.1, -0.05) is 12.1 Å². The number of likely N-dealkylation sites (N-methyl/N-ethyl adjacent to an activating group) is 1. The lowest BCUT2D eigenvalue weighted by Gasteiger charge is -2.46. The summed E-state index contributed by atoms with van der Waals surface area (Å²) in [7, 11) is 5.08. The Labute approximate surface area is 164 Å². The summed E-state index contributed by atoms with van der Waals surface area (Å²) < 4.78 is 11.0. The molecule has 0 aromatic heterocycles. The summed E-state index contributed by atoms with van der Waals surface area (Å²) in [6, 6.07) is 11.7. The molecule has 0 amide bonds. The highest BCUT2D eigenvalue weighted by atomic mass is 16.5. The standard InChI is InChI=1S/C21H21N5O2/c1-26-8-7-13-15(9-22)20(25)21(11-23,12-24)18(16(13)10-26)14-5-4-6-17(27-2)19(14)28-3/h4-7,15-16,18,25H,8,10H2,1-3H3/p+1/t15?,16-,18-/m0/s1. The number of fused-ring (bicyclic) bond motifs is 1. The Morgan fingerprint density at radius 2 is 1.89 bits per heavy atom. The molecule has 2 N–H and O–H groups in total. The molecule has 7 nitrogen and oxygen atoms in total. The smallest absolute Gasteiger partial charge is 0.190 e. The van der Waals surface area contributed by atoms with Gasteiger partial charge < -0.3 is 19.8 Å². The van der Waals surface area contributed by atoms with Crippen molar-refractivity contribution in [3.63, 3.8) is 0 Å². The predicted octanol–water partition coefficient (Wildman–Crippen LogP) is 1.07. The van der Waals surface area contributed by atoms with Crippen LogP contribution in [0.25, 0.3) is 0 Å². The average Bonchev–Trinajstić information content (AvgIpc) is 2.72. The van der Waals surface area contributed by atoms with Crippen molar-refractivity contribution in [1.82, 2.24) is 0 Å². The SMILES string of the molecule is COc1cccc([C@H]2[C@H]3C[NH+](C)CC=C3C(C#N)C(=N)C2(C#N)C#N)c1OC. The number of ether oxygens (including phenoxy) is 2. The molecule has 0 saturated heterocycles. The average molecular weight is 376 g/mol. The quantitative estimate of drug-likeness (QED) is 0.765. The molecule has 1 saturated carbocycles. The Morgan fingerprint density at radius 1 is 1.18 bits per heavy atom. The van der Waals surface area contributed by atoms with Gasteiger partial charge in [0.25, 0.3) is 0 Å². The van der Waals surface area contributed by atoms with E-state index in [9.17, 15) is 15.8 Å². The van der Waals surface area contributed by atoms with Crippen LogP contribution in [0.3, 0.4) is 0 Å². The molecule has 142 valence electrons. The second kappa shape index (κ2) is 7.35. The number of quaternary nitrogens is 1. The number of benzene rings is 1. The Hall–Kier alpha value is -3.34. The summed E-state index contributed by atoms with van der Waals surface area (Å²) in [5.41, 5.74) is -0.428. The Bertz CT molecular complexity index is 948. The van der Waals surface area contributed by atoms with E-state index in [0.29, 0.717) is 23.6 Å². The zero-order valence-electron chi connectivity index (χ0n) is 16.1. The number of hydrogen-bond acceptors (Lipinski definition) is 6. The van der Waals surface area contributed by atoms with Crippen LogP contribution in [0.4, 0.5) is 0 Å². The molecule has 1 heterocycles. The normalized spacial score (nSPS) is 28.0. The molecule has 2 unspecified atom stereocenters. The molecule has 1 aliphatic carbocycles. The van der Waals surface area contributed by atoms with Crippen LogP contribution in [-0.2, 0) is 0 Å². The number of para-hydroxylation sites is 1. The van der Waals surface area contributed by atoms with Crippen molar-refractivity contribution in [3.05, 3.63) is 35.4 Å². The number of nitrogens with one attached hydrogen (secondary N) is 2. The van der Waals surface area contributed by atoms with E-state index in [0.717, 1.165) is 12.1 Å². The maximum atomic E-state index is 10.1. The summed E-state index contributed by atoms with van der Waals surface area (Å²) in [6.07, 6.45) is 1.99. The number of nitriles is 3. The zero-order chi connectivity index (χ0) is 20.5. The third-order valence-corrected chi connectivity index (χ3v) is 5.85. The molecule has 1 fully saturated rings. The summed E-state index contributed by atoms with van der Waals surface area (Å²) in [4.78, 5) is 1.22. The Balaban J connectivity index is 2.34. The highest BCUT2D eigenvalue weighted by Gasteiger charge is 2.59. The number of hydrogen-bond donors (Lipinski definition) is 2. The topological polar surface area (TPSA) is 118 Å². The first-order chi connectivity index (χ1) is 13.5. The van der Waals surface area contributed by atoms with E-state index in [1.807, 2.05) is 19.2 Å². The van der Waals surface area contributed by atoms with Crippen LogP contribution in [0.15, 0.2) is 29.8 Å². The third-order valence-electron chi connectivity index (χ3n) is 5.85. The van der Waals surface area contributed by atoms with Gasteiger partial charge in [0.05, 0.1) is 58.3 Å². The van der Waals surface area contributed by atoms with Crippen molar-refractivity contribution in [2.24, 2.45) is 17.3 Å². The van der Waals surface area contributed by atoms with E-state index in [1.54, 1.807) is 12.1 Å². The number of rotatable bonds is 3. The second-order valence-electron chi connectivity index (χ2n) is 7.24. The van der Waals surface area contributed by atoms with Gasteiger partial charge in [0.1, 0.15) is 5.92 Å². The van der Waals surface area contributed by atoms with Gasteiger partial charge >= 0.3 is 0 Å². The molecule has 1 aromatic carbocycles. The van der Waals surface area contributed by atoms with Crippen LogP contribution in [0.2, 0.25) is 0 Å². The summed E-state index contributed by atoms with van der Waals surface area (Å²) in [5.74, 6) is -0.763. The van der Waals surface area contributed by atoms with Crippen LogP contribution in [0.1, 0.15) is 11.5 Å². The van der Waals surface area contributed by atoms with E-state index in [2.05, 4.69) is 18.2 Å². The number of methoxy groups -OCH3 is 2. The number of nitrogens with zero attached hydrogens (tertiary/aromatic N) is 3. The largest absolute Gasteiger partial charge is 0.493 e. The van der Waals surface area contributed by atoms with E-state index >= 15 is 0 Å². The van der Waals surface area contributed by atoms with E-state index in [1.165, 1.54) is 19.1 Å². The molecule has 1 aliphatic heterocycles. The maximum absolute atomic E-state index is 10.1. The van der Waals surface area contributed by atoms with Crippen molar-refractivity contribution in [2.45, 2.75) is 5.92 Å². The van der Waals surface area contributed by atoms with Gasteiger partial charge in [-0.3, -0.25) is 0 Å². The fourth-order valence-electron chi connectivity index (χ4n) is 4.56. The fraction of sp³-hybridized carbons (Fsp3) is 0.429. The highest BCUT2D eigenvalue weighted by Crippen LogP contribution is 2.55. The van der Waals surface area contributed by atoms with Crippen LogP contribution >= 0.6 is 0 Å². The van der Waals surface area contributed by atoms with Gasteiger partial charge in [-0.05, 0) is 17.7 Å². The van der Waals surface area contributed by atoms with Crippen LogP contribution in [-0.4, -0.2) is 40.1 Å². The van der Waals surface area contributed by atoms with Crippen molar-refractivity contribution < 1.29 is 14.4 Å². The van der Waals surface area contributed by atoms with Gasteiger partial charge in [-0.25, -0.2) is 0 Å². The minimum absolute atomic E-state index is 0.156. The summed E-state index contributed by atoms with van der Waals surface area (Å²) in [5, 5.41) is 38.5. The molecule has 4 atom stereocenters. The lowest BCUT2D eigenvalue weighted by Crippen LogP contribution is -3.10. The molecule has 3 rings (SSSR count). The Morgan fingerprint density at radius 3 is 2.46 bits per heavy atom. The molecule has 28 heavy (non-hydrogen) atoms. The first kappa shape index (κ1) is 19.4. The van der Waals surface area contributed by atoms with E-state index < -0.39 is 17.3 Å². The van der Waals surface area contributed by atoms with Gasteiger partial charge in [0.15, 0.2) is 16.9 Å². The molecule has 0 radical (unpaired) electrons. The molecule has 1 aromatic rings. The van der Waals surface area contributed by atoms with E-state index in [-0.39, 0.29) is 11.6 Å². The van der Waals surface area contributed by atoms with Crippen molar-refractivity contribution >= 4 is 5.71 Å². The van der Waals surface area contributed by atoms with Gasteiger partial charge in [-0.15, -0.1) is 0 Å². The lowest BCUT2D eigenvalue weighted by atomic mass is 9.54. The van der Waals surface area contributed by atoms with Crippen LogP contribution in [0.5, 0.6) is 11.5 Å². The van der Waals surface area contributed by atoms with Gasteiger partial charge in [-0.2, -0.15) is 15.8 Å². The first-order valence-corrected chi connectivity index (χ1v) is 9.02. The maximum Gasteiger partial charge on any atom is 0.190 e. The van der Waals surface area contributed by atoms with E-state index in [4.69, 9.17) is 14.9 Å². The second-order valence-corrected chi connectivity index (χ2v) is 7.24. The first-order valence-electron chi connectivity index (χ1n) is 9.02. The zero-order valence-corrected chi connectivity index (χ0v) is 16.1.